The van der Waals surface area contributed by atoms with E-state index in [1.165, 1.54) is 6.20 Å². The first-order valence-electron chi connectivity index (χ1n) is 14.1. The Kier molecular flexibility index (Phi) is 9.56. The van der Waals surface area contributed by atoms with Gasteiger partial charge in [-0.1, -0.05) is 60.7 Å². The Bertz CT molecular complexity index is 1980. The maximum absolute atomic E-state index is 13.1. The smallest absolute Gasteiger partial charge is 0.324 e. The molecule has 0 bridgehead atoms. The number of nitrogens with one attached hydrogen (secondary N) is 2. The van der Waals surface area contributed by atoms with Gasteiger partial charge in [-0.15, -0.1) is 6.42 Å². The molecule has 0 radical (unpaired) electrons. The third-order valence-corrected chi connectivity index (χ3v) is 7.70. The molecular weight excluding hydrogens is 625 g/mol. The Hall–Kier alpha value is -5.37. The maximum atomic E-state index is 13.1. The number of benzene rings is 3. The highest BCUT2D eigenvalue weighted by Crippen LogP contribution is 2.39. The van der Waals surface area contributed by atoms with Crippen LogP contribution in [0.4, 0.5) is 16.3 Å². The Morgan fingerprint density at radius 1 is 1.02 bits per heavy atom. The fourth-order valence-electron chi connectivity index (χ4n) is 4.47. The molecule has 0 spiro atoms. The van der Waals surface area contributed by atoms with E-state index < -0.39 is 11.9 Å². The number of rotatable bonds is 9. The average molecular weight is 655 g/mol. The molecule has 0 aliphatic rings. The van der Waals surface area contributed by atoms with Gasteiger partial charge in [0.05, 0.1) is 22.1 Å². The molecule has 0 aliphatic carbocycles. The maximum Gasteiger partial charge on any atom is 0.324 e. The number of primary amides is 1. The van der Waals surface area contributed by atoms with Gasteiger partial charge in [0.15, 0.2) is 0 Å². The average Bonchev–Trinajstić information content (AvgIpc) is 3.45. The summed E-state index contributed by atoms with van der Waals surface area (Å²) in [6, 6.07) is 18.7. The molecule has 3 amide bonds. The minimum atomic E-state index is -0.590. The summed E-state index contributed by atoms with van der Waals surface area (Å²) in [5.41, 5.74) is 9.95. The summed E-state index contributed by atoms with van der Waals surface area (Å²) in [5.74, 6) is 3.39. The Morgan fingerprint density at radius 2 is 1.78 bits per heavy atom. The summed E-state index contributed by atoms with van der Waals surface area (Å²) < 4.78 is 7.59. The van der Waals surface area contributed by atoms with Crippen molar-refractivity contribution in [3.63, 3.8) is 0 Å². The monoisotopic (exact) mass is 653 g/mol. The van der Waals surface area contributed by atoms with E-state index in [4.69, 9.17) is 40.1 Å². The largest absolute Gasteiger partial charge is 0.437 e. The number of ether oxygens (including phenoxy) is 1. The molecule has 232 valence electrons. The molecule has 5 aromatic rings. The van der Waals surface area contributed by atoms with E-state index in [1.54, 1.807) is 41.1 Å². The van der Waals surface area contributed by atoms with Gasteiger partial charge in [0.1, 0.15) is 22.4 Å². The molecule has 0 aliphatic heterocycles. The van der Waals surface area contributed by atoms with E-state index in [0.29, 0.717) is 28.3 Å². The molecule has 0 unspecified atom stereocenters. The van der Waals surface area contributed by atoms with Crippen LogP contribution in [0.15, 0.2) is 72.9 Å². The number of aromatic nitrogens is 4. The fraction of sp³-hybridized carbons (Fsp3) is 0.147. The molecule has 46 heavy (non-hydrogen) atoms. The van der Waals surface area contributed by atoms with Crippen molar-refractivity contribution in [2.24, 2.45) is 5.73 Å². The van der Waals surface area contributed by atoms with Crippen LogP contribution in [0.25, 0.3) is 5.69 Å². The van der Waals surface area contributed by atoms with Gasteiger partial charge in [0.2, 0.25) is 11.8 Å². The van der Waals surface area contributed by atoms with Gasteiger partial charge >= 0.3 is 6.03 Å². The molecule has 0 saturated carbocycles. The van der Waals surface area contributed by atoms with Crippen molar-refractivity contribution in [2.75, 3.05) is 10.6 Å². The van der Waals surface area contributed by atoms with E-state index in [1.807, 2.05) is 51.1 Å². The predicted molar refractivity (Wildman–Crippen MR) is 179 cm³/mol. The first kappa shape index (κ1) is 32.0. The highest BCUT2D eigenvalue weighted by molar-refractivity contribution is 6.45. The minimum Gasteiger partial charge on any atom is -0.437 e. The van der Waals surface area contributed by atoms with Crippen LogP contribution in [-0.2, 0) is 6.42 Å². The van der Waals surface area contributed by atoms with Crippen molar-refractivity contribution in [3.8, 4) is 29.7 Å². The van der Waals surface area contributed by atoms with Crippen molar-refractivity contribution in [1.82, 2.24) is 19.7 Å². The number of terminal acetylenes is 1. The van der Waals surface area contributed by atoms with E-state index in [2.05, 4.69) is 31.6 Å². The van der Waals surface area contributed by atoms with Crippen LogP contribution in [0.5, 0.6) is 11.6 Å². The quantitative estimate of drug-likeness (QED) is 0.141. The fourth-order valence-corrected chi connectivity index (χ4v) is 4.87. The lowest BCUT2D eigenvalue weighted by atomic mass is 10.0. The summed E-state index contributed by atoms with van der Waals surface area (Å²) in [7, 11) is 0. The summed E-state index contributed by atoms with van der Waals surface area (Å²) in [5, 5.41) is 10.4. The Labute approximate surface area is 275 Å². The lowest BCUT2D eigenvalue weighted by Crippen LogP contribution is -2.21. The molecule has 10 nitrogen and oxygen atoms in total. The normalized spacial score (nSPS) is 10.8. The summed E-state index contributed by atoms with van der Waals surface area (Å²) in [6.07, 6.45) is 7.32. The zero-order valence-corrected chi connectivity index (χ0v) is 26.6. The van der Waals surface area contributed by atoms with Crippen molar-refractivity contribution in [3.05, 3.63) is 117 Å². The van der Waals surface area contributed by atoms with Crippen LogP contribution < -0.4 is 21.1 Å². The topological polar surface area (TPSA) is 137 Å². The highest BCUT2D eigenvalue weighted by atomic mass is 35.5. The molecule has 0 saturated heterocycles. The van der Waals surface area contributed by atoms with Crippen LogP contribution in [-0.4, -0.2) is 31.7 Å². The van der Waals surface area contributed by atoms with Gasteiger partial charge in [-0.25, -0.2) is 14.5 Å². The third-order valence-electron chi connectivity index (χ3n) is 6.84. The number of hydrogen-bond acceptors (Lipinski definition) is 6. The van der Waals surface area contributed by atoms with E-state index in [-0.39, 0.29) is 39.7 Å². The summed E-state index contributed by atoms with van der Waals surface area (Å²) >= 11 is 13.1. The molecule has 2 aromatic heterocycles. The number of nitrogens with zero attached hydrogens (tertiary/aromatic N) is 4. The van der Waals surface area contributed by atoms with Crippen LogP contribution >= 0.6 is 23.2 Å². The van der Waals surface area contributed by atoms with E-state index in [0.717, 1.165) is 16.9 Å². The van der Waals surface area contributed by atoms with Gasteiger partial charge < -0.3 is 15.8 Å². The number of anilines is 2. The third kappa shape index (κ3) is 7.46. The Balaban J connectivity index is 1.30. The molecule has 0 atom stereocenters. The minimum absolute atomic E-state index is 0.0687. The van der Waals surface area contributed by atoms with Crippen molar-refractivity contribution < 1.29 is 14.3 Å². The lowest BCUT2D eigenvalue weighted by Gasteiger charge is -2.14. The standard InChI is InChI=1S/C34H29Cl2N7O3/c1-5-21-14-22(16-23(15-21)33(37)44)17-28-38-13-12-30(40-28)46-27-11-10-25(31(35)32(27)36)39-34(45)41-29-18-26(19(2)3)42-43(29)24-8-6-20(4)7-9-24/h1,6-16,18-19H,17H2,2-4H3,(H2,37,44)(H2,39,41,45). The predicted octanol–water partition coefficient (Wildman–Crippen LogP) is 7.51. The first-order valence-corrected chi connectivity index (χ1v) is 14.9. The van der Waals surface area contributed by atoms with Gasteiger partial charge in [-0.2, -0.15) is 10.1 Å². The second kappa shape index (κ2) is 13.7. The zero-order chi connectivity index (χ0) is 33.0. The first-order chi connectivity index (χ1) is 22.0. The van der Waals surface area contributed by atoms with Crippen LogP contribution in [0.2, 0.25) is 10.0 Å². The van der Waals surface area contributed by atoms with Crippen molar-refractivity contribution in [1.29, 1.82) is 0 Å². The van der Waals surface area contributed by atoms with Crippen molar-refractivity contribution >= 4 is 46.6 Å². The van der Waals surface area contributed by atoms with Gasteiger partial charge in [-0.3, -0.25) is 10.1 Å². The van der Waals surface area contributed by atoms with Crippen LogP contribution in [0.3, 0.4) is 0 Å². The molecule has 3 aromatic carbocycles. The van der Waals surface area contributed by atoms with Crippen LogP contribution in [0, 0.1) is 19.3 Å². The molecular formula is C34H29Cl2N7O3. The van der Waals surface area contributed by atoms with Gasteiger partial charge in [0, 0.05) is 35.9 Å². The SMILES string of the molecule is C#Cc1cc(Cc2nccc(Oc3ccc(NC(=O)Nc4cc(C(C)C)nn4-c4ccc(C)cc4)c(Cl)c3Cl)n2)cc(C(N)=O)c1. The second-order valence-corrected chi connectivity index (χ2v) is 11.4. The van der Waals surface area contributed by atoms with Gasteiger partial charge in [-0.05, 0) is 60.9 Å². The second-order valence-electron chi connectivity index (χ2n) is 10.7. The number of amides is 3. The van der Waals surface area contributed by atoms with E-state index in [9.17, 15) is 9.59 Å². The molecule has 2 heterocycles. The highest BCUT2D eigenvalue weighted by Gasteiger charge is 2.18. The van der Waals surface area contributed by atoms with E-state index >= 15 is 0 Å². The molecule has 0 fully saturated rings. The number of halogens is 2. The number of aryl methyl sites for hydroxylation is 1. The number of urea groups is 1. The number of carbonyl (C=O) groups is 2. The van der Waals surface area contributed by atoms with Crippen LogP contribution in [0.1, 0.15) is 58.3 Å². The number of hydrogen-bond donors (Lipinski definition) is 3. The summed E-state index contributed by atoms with van der Waals surface area (Å²) in [4.78, 5) is 33.5. The number of nitrogens with two attached hydrogens (primary N) is 1. The van der Waals surface area contributed by atoms with Gasteiger partial charge in [0.25, 0.3) is 0 Å². The molecule has 4 N–H and O–H groups in total. The molecule has 12 heteroatoms. The number of carbonyl (C=O) groups excluding carboxylic acids is 2. The van der Waals surface area contributed by atoms with Crippen molar-refractivity contribution in [2.45, 2.75) is 33.1 Å². The molecule has 5 rings (SSSR count). The zero-order valence-electron chi connectivity index (χ0n) is 25.1. The Morgan fingerprint density at radius 3 is 2.48 bits per heavy atom. The summed E-state index contributed by atoms with van der Waals surface area (Å²) in [6.45, 7) is 6.05. The lowest BCUT2D eigenvalue weighted by molar-refractivity contribution is 0.1000.